The molecule has 0 unspecified atom stereocenters. The molecule has 0 fully saturated rings. The summed E-state index contributed by atoms with van der Waals surface area (Å²) in [5.74, 6) is -0.551. The Bertz CT molecular complexity index is 533. The van der Waals surface area contributed by atoms with E-state index in [1.54, 1.807) is 19.1 Å². The Morgan fingerprint density at radius 2 is 1.90 bits per heavy atom. The zero-order valence-corrected chi connectivity index (χ0v) is 13.2. The SMILES string of the molecule is COC(=O)c1c(C)ccc(CNC(=O)C(C)(C)C)c1Cl. The van der Waals surface area contributed by atoms with Crippen molar-refractivity contribution in [3.8, 4) is 0 Å². The first kappa shape index (κ1) is 16.5. The summed E-state index contributed by atoms with van der Waals surface area (Å²) in [6, 6.07) is 3.59. The monoisotopic (exact) mass is 297 g/mol. The third kappa shape index (κ3) is 3.73. The molecular formula is C15H20ClNO3. The first-order valence-corrected chi connectivity index (χ1v) is 6.71. The lowest BCUT2D eigenvalue weighted by Gasteiger charge is -2.18. The van der Waals surface area contributed by atoms with Gasteiger partial charge in [0.25, 0.3) is 0 Å². The first-order chi connectivity index (χ1) is 9.18. The molecule has 0 spiro atoms. The van der Waals surface area contributed by atoms with Crippen molar-refractivity contribution >= 4 is 23.5 Å². The number of methoxy groups -OCH3 is 1. The van der Waals surface area contributed by atoms with E-state index >= 15 is 0 Å². The Labute approximate surface area is 124 Å². The number of hydrogen-bond donors (Lipinski definition) is 1. The van der Waals surface area contributed by atoms with Crippen LogP contribution in [0.25, 0.3) is 0 Å². The standard InChI is InChI=1S/C15H20ClNO3/c1-9-6-7-10(8-17-14(19)15(2,3)4)12(16)11(9)13(18)20-5/h6-7H,8H2,1-5H3,(H,17,19). The molecule has 0 radical (unpaired) electrons. The van der Waals surface area contributed by atoms with E-state index in [0.717, 1.165) is 5.56 Å². The second-order valence-electron chi connectivity index (χ2n) is 5.65. The second kappa shape index (κ2) is 6.27. The molecule has 0 saturated heterocycles. The van der Waals surface area contributed by atoms with Gasteiger partial charge in [-0.15, -0.1) is 0 Å². The van der Waals surface area contributed by atoms with E-state index in [-0.39, 0.29) is 12.5 Å². The summed E-state index contributed by atoms with van der Waals surface area (Å²) in [7, 11) is 1.31. The van der Waals surface area contributed by atoms with Crippen molar-refractivity contribution in [1.29, 1.82) is 0 Å². The maximum Gasteiger partial charge on any atom is 0.339 e. The van der Waals surface area contributed by atoms with Gasteiger partial charge in [0.05, 0.1) is 17.7 Å². The molecule has 0 saturated carbocycles. The Balaban J connectivity index is 2.99. The van der Waals surface area contributed by atoms with Crippen LogP contribution >= 0.6 is 11.6 Å². The highest BCUT2D eigenvalue weighted by Crippen LogP contribution is 2.25. The molecule has 0 bridgehead atoms. The molecule has 0 aliphatic carbocycles. The van der Waals surface area contributed by atoms with Crippen molar-refractivity contribution in [3.05, 3.63) is 33.8 Å². The average molecular weight is 298 g/mol. The zero-order chi connectivity index (χ0) is 15.5. The van der Waals surface area contributed by atoms with Crippen LogP contribution < -0.4 is 5.32 Å². The topological polar surface area (TPSA) is 55.4 Å². The van der Waals surface area contributed by atoms with Gasteiger partial charge in [-0.25, -0.2) is 4.79 Å². The molecule has 0 aliphatic heterocycles. The molecule has 5 heteroatoms. The van der Waals surface area contributed by atoms with Gasteiger partial charge < -0.3 is 10.1 Å². The Kier molecular flexibility index (Phi) is 5.17. The van der Waals surface area contributed by atoms with E-state index in [1.165, 1.54) is 7.11 Å². The normalized spacial score (nSPS) is 11.1. The number of amides is 1. The summed E-state index contributed by atoms with van der Waals surface area (Å²) < 4.78 is 4.72. The Hall–Kier alpha value is -1.55. The Morgan fingerprint density at radius 3 is 2.40 bits per heavy atom. The van der Waals surface area contributed by atoms with Gasteiger partial charge in [-0.3, -0.25) is 4.79 Å². The number of ether oxygens (including phenoxy) is 1. The summed E-state index contributed by atoms with van der Waals surface area (Å²) in [4.78, 5) is 23.6. The maximum atomic E-state index is 11.8. The summed E-state index contributed by atoms with van der Waals surface area (Å²) in [6.07, 6.45) is 0. The number of nitrogens with one attached hydrogen (secondary N) is 1. The van der Waals surface area contributed by atoms with Gasteiger partial charge in [0.15, 0.2) is 0 Å². The van der Waals surface area contributed by atoms with Crippen LogP contribution in [0, 0.1) is 12.3 Å². The molecule has 20 heavy (non-hydrogen) atoms. The fourth-order valence-electron chi connectivity index (χ4n) is 1.65. The minimum Gasteiger partial charge on any atom is -0.465 e. The molecule has 0 aromatic heterocycles. The molecule has 1 aromatic carbocycles. The van der Waals surface area contributed by atoms with Crippen LogP contribution in [-0.2, 0) is 16.1 Å². The summed E-state index contributed by atoms with van der Waals surface area (Å²) in [5, 5.41) is 3.13. The van der Waals surface area contributed by atoms with Crippen LogP contribution in [0.15, 0.2) is 12.1 Å². The molecule has 4 nitrogen and oxygen atoms in total. The second-order valence-corrected chi connectivity index (χ2v) is 6.03. The van der Waals surface area contributed by atoms with E-state index in [9.17, 15) is 9.59 Å². The molecule has 1 rings (SSSR count). The highest BCUT2D eigenvalue weighted by Gasteiger charge is 2.22. The predicted molar refractivity (Wildman–Crippen MR) is 78.8 cm³/mol. The van der Waals surface area contributed by atoms with E-state index < -0.39 is 11.4 Å². The fourth-order valence-corrected chi connectivity index (χ4v) is 2.00. The van der Waals surface area contributed by atoms with Crippen LogP contribution in [0.5, 0.6) is 0 Å². The van der Waals surface area contributed by atoms with E-state index in [1.807, 2.05) is 20.8 Å². The smallest absolute Gasteiger partial charge is 0.339 e. The third-order valence-electron chi connectivity index (χ3n) is 2.94. The fraction of sp³-hybridized carbons (Fsp3) is 0.467. The van der Waals surface area contributed by atoms with Gasteiger partial charge in [-0.05, 0) is 18.1 Å². The van der Waals surface area contributed by atoms with Crippen LogP contribution in [0.2, 0.25) is 5.02 Å². The van der Waals surface area contributed by atoms with Gasteiger partial charge >= 0.3 is 5.97 Å². The number of carbonyl (C=O) groups excluding carboxylic acids is 2. The average Bonchev–Trinajstić information content (AvgIpc) is 2.36. The van der Waals surface area contributed by atoms with Crippen molar-refractivity contribution in [3.63, 3.8) is 0 Å². The van der Waals surface area contributed by atoms with Crippen molar-refractivity contribution in [1.82, 2.24) is 5.32 Å². The van der Waals surface area contributed by atoms with Crippen molar-refractivity contribution in [2.45, 2.75) is 34.2 Å². The number of halogens is 1. The molecule has 0 heterocycles. The minimum atomic E-state index is -0.475. The lowest BCUT2D eigenvalue weighted by Crippen LogP contribution is -2.34. The quantitative estimate of drug-likeness (QED) is 0.872. The van der Waals surface area contributed by atoms with Crippen LogP contribution in [-0.4, -0.2) is 19.0 Å². The molecule has 0 aliphatic rings. The maximum absolute atomic E-state index is 11.8. The lowest BCUT2D eigenvalue weighted by atomic mass is 9.95. The zero-order valence-electron chi connectivity index (χ0n) is 12.5. The first-order valence-electron chi connectivity index (χ1n) is 6.33. The van der Waals surface area contributed by atoms with Crippen molar-refractivity contribution < 1.29 is 14.3 Å². The number of aryl methyl sites for hydroxylation is 1. The predicted octanol–water partition coefficient (Wildman–Crippen LogP) is 3.10. The molecule has 1 aromatic rings. The van der Waals surface area contributed by atoms with Gasteiger partial charge in [-0.2, -0.15) is 0 Å². The van der Waals surface area contributed by atoms with E-state index in [2.05, 4.69) is 5.32 Å². The number of hydrogen-bond acceptors (Lipinski definition) is 3. The van der Waals surface area contributed by atoms with Crippen LogP contribution in [0.1, 0.15) is 42.3 Å². The van der Waals surface area contributed by atoms with Crippen LogP contribution in [0.4, 0.5) is 0 Å². The minimum absolute atomic E-state index is 0.0752. The highest BCUT2D eigenvalue weighted by molar-refractivity contribution is 6.34. The summed E-state index contributed by atoms with van der Waals surface area (Å²) in [6.45, 7) is 7.56. The number of carbonyl (C=O) groups is 2. The lowest BCUT2D eigenvalue weighted by molar-refractivity contribution is -0.128. The highest BCUT2D eigenvalue weighted by atomic mass is 35.5. The van der Waals surface area contributed by atoms with Crippen molar-refractivity contribution in [2.24, 2.45) is 5.41 Å². The number of benzene rings is 1. The molecular weight excluding hydrogens is 278 g/mol. The molecule has 1 amide bonds. The van der Waals surface area contributed by atoms with Gasteiger partial charge in [0.1, 0.15) is 0 Å². The largest absolute Gasteiger partial charge is 0.465 e. The summed E-state index contributed by atoms with van der Waals surface area (Å²) >= 11 is 6.23. The number of rotatable bonds is 3. The molecule has 110 valence electrons. The van der Waals surface area contributed by atoms with Gasteiger partial charge in [0.2, 0.25) is 5.91 Å². The molecule has 0 atom stereocenters. The van der Waals surface area contributed by atoms with E-state index in [0.29, 0.717) is 16.1 Å². The molecule has 1 N–H and O–H groups in total. The summed E-state index contributed by atoms with van der Waals surface area (Å²) in [5.41, 5.74) is 1.31. The van der Waals surface area contributed by atoms with Gasteiger partial charge in [-0.1, -0.05) is 44.5 Å². The van der Waals surface area contributed by atoms with E-state index in [4.69, 9.17) is 16.3 Å². The number of esters is 1. The third-order valence-corrected chi connectivity index (χ3v) is 3.37. The van der Waals surface area contributed by atoms with Gasteiger partial charge in [0, 0.05) is 12.0 Å². The van der Waals surface area contributed by atoms with Crippen molar-refractivity contribution in [2.75, 3.05) is 7.11 Å². The van der Waals surface area contributed by atoms with Crippen LogP contribution in [0.3, 0.4) is 0 Å². The Morgan fingerprint density at radius 1 is 1.30 bits per heavy atom.